The van der Waals surface area contributed by atoms with Crippen molar-refractivity contribution in [3.05, 3.63) is 29.3 Å². The number of nitrogens with one attached hydrogen (secondary N) is 2. The van der Waals surface area contributed by atoms with E-state index in [1.165, 1.54) is 7.11 Å². The summed E-state index contributed by atoms with van der Waals surface area (Å²) >= 11 is 0. The minimum absolute atomic E-state index is 0. The van der Waals surface area contributed by atoms with E-state index in [1.807, 2.05) is 6.07 Å². The summed E-state index contributed by atoms with van der Waals surface area (Å²) in [6.07, 6.45) is 1.20. The standard InChI is InChI=1S/C23H32N6O11S3.2Na/c1-16-18(15-24)22(25-8-4-10-38-2)27-23(26-9-5-11-39-3)21(16)29-28-19-7-6-17(14-20(19)42(32,33)34)41(30,31)13-12-40-43(35,36)37;;/h6-7,14H,4-5,8-13H2,1-3H3,(H2,25,26,27)(H,32,33,34)(H,35,36,37);;/q;2*+1/p-2. The molecule has 0 bridgehead atoms. The van der Waals surface area contributed by atoms with Crippen LogP contribution >= 0.6 is 0 Å². The van der Waals surface area contributed by atoms with E-state index >= 15 is 0 Å². The number of aromatic nitrogens is 1. The number of rotatable bonds is 18. The van der Waals surface area contributed by atoms with Crippen LogP contribution in [0.3, 0.4) is 0 Å². The second-order valence-electron chi connectivity index (χ2n) is 8.65. The molecule has 2 rings (SSSR count). The van der Waals surface area contributed by atoms with Crippen molar-refractivity contribution in [3.8, 4) is 6.07 Å². The summed E-state index contributed by atoms with van der Waals surface area (Å²) in [7, 11) is -11.8. The molecule has 0 aliphatic rings. The predicted octanol–water partition coefficient (Wildman–Crippen LogP) is -4.26. The van der Waals surface area contributed by atoms with Crippen LogP contribution in [-0.2, 0) is 44.0 Å². The van der Waals surface area contributed by atoms with Crippen molar-refractivity contribution in [2.24, 2.45) is 10.2 Å². The number of hydrogen-bond acceptors (Lipinski definition) is 17. The summed E-state index contributed by atoms with van der Waals surface area (Å²) in [6.45, 7) is 2.27. The van der Waals surface area contributed by atoms with Crippen molar-refractivity contribution >= 4 is 53.4 Å². The number of methoxy groups -OCH3 is 2. The third kappa shape index (κ3) is 14.2. The monoisotopic (exact) mass is 708 g/mol. The molecular formula is C23H30N6Na2O11S3. The van der Waals surface area contributed by atoms with Crippen LogP contribution < -0.4 is 69.7 Å². The molecule has 45 heavy (non-hydrogen) atoms. The van der Waals surface area contributed by atoms with Gasteiger partial charge in [0.25, 0.3) is 0 Å². The van der Waals surface area contributed by atoms with E-state index in [0.717, 1.165) is 12.1 Å². The Balaban J connectivity index is 0.00000968. The molecule has 0 unspecified atom stereocenters. The summed E-state index contributed by atoms with van der Waals surface area (Å²) in [5.41, 5.74) is -0.00585. The summed E-state index contributed by atoms with van der Waals surface area (Å²) in [5.74, 6) is -0.556. The number of benzene rings is 1. The van der Waals surface area contributed by atoms with Crippen molar-refractivity contribution < 1.29 is 107 Å². The normalized spacial score (nSPS) is 11.8. The van der Waals surface area contributed by atoms with E-state index in [4.69, 9.17) is 9.47 Å². The Hall–Kier alpha value is -1.29. The number of nitriles is 1. The number of ether oxygens (including phenoxy) is 2. The minimum atomic E-state index is -5.30. The summed E-state index contributed by atoms with van der Waals surface area (Å²) in [6, 6.07) is 4.43. The number of sulfone groups is 1. The zero-order valence-corrected chi connectivity index (χ0v) is 31.8. The first-order chi connectivity index (χ1) is 20.1. The Bertz CT molecular complexity index is 1690. The van der Waals surface area contributed by atoms with Crippen LogP contribution in [0.4, 0.5) is 23.0 Å². The molecule has 0 aliphatic carbocycles. The van der Waals surface area contributed by atoms with Gasteiger partial charge < -0.3 is 29.2 Å². The van der Waals surface area contributed by atoms with E-state index in [-0.39, 0.29) is 82.0 Å². The molecule has 0 radical (unpaired) electrons. The largest absolute Gasteiger partial charge is 1.00 e. The Morgan fingerprint density at radius 2 is 1.49 bits per heavy atom. The fourth-order valence-electron chi connectivity index (χ4n) is 3.49. The van der Waals surface area contributed by atoms with Crippen LogP contribution in [0.25, 0.3) is 0 Å². The van der Waals surface area contributed by atoms with Crippen molar-refractivity contribution in [2.45, 2.75) is 29.6 Å². The van der Waals surface area contributed by atoms with Crippen molar-refractivity contribution in [2.75, 3.05) is 63.5 Å². The van der Waals surface area contributed by atoms with Gasteiger partial charge in [-0.05, 0) is 38.0 Å². The Morgan fingerprint density at radius 1 is 0.911 bits per heavy atom. The SMILES string of the molecule is COCCCNc1nc(NCCCOC)c(N=Nc2ccc(S(=O)(=O)CCOS(=O)(=O)[O-])cc2S(=O)(=O)[O-])c(C)c1C#N.[Na+].[Na+]. The smallest absolute Gasteiger partial charge is 0.744 e. The zero-order valence-electron chi connectivity index (χ0n) is 25.4. The van der Waals surface area contributed by atoms with E-state index in [2.05, 4.69) is 30.0 Å². The molecule has 0 atom stereocenters. The maximum absolute atomic E-state index is 12.5. The summed E-state index contributed by atoms with van der Waals surface area (Å²) in [4.78, 5) is 2.76. The Kier molecular flexibility index (Phi) is 19.6. The maximum Gasteiger partial charge on any atom is 1.00 e. The maximum atomic E-state index is 12.5. The summed E-state index contributed by atoms with van der Waals surface area (Å²) in [5, 5.41) is 23.9. The van der Waals surface area contributed by atoms with E-state index in [1.54, 1.807) is 14.0 Å². The van der Waals surface area contributed by atoms with Gasteiger partial charge in [-0.2, -0.15) is 5.26 Å². The van der Waals surface area contributed by atoms with Crippen LogP contribution in [0.15, 0.2) is 38.2 Å². The van der Waals surface area contributed by atoms with Gasteiger partial charge in [0.15, 0.2) is 15.7 Å². The molecule has 1 aromatic heterocycles. The average molecular weight is 709 g/mol. The molecule has 0 aliphatic heterocycles. The van der Waals surface area contributed by atoms with Crippen molar-refractivity contribution in [1.82, 2.24) is 4.98 Å². The first-order valence-electron chi connectivity index (χ1n) is 12.4. The van der Waals surface area contributed by atoms with Crippen LogP contribution in [0.5, 0.6) is 0 Å². The van der Waals surface area contributed by atoms with Gasteiger partial charge in [0.05, 0.1) is 27.7 Å². The first-order valence-corrected chi connectivity index (χ1v) is 16.8. The first kappa shape index (κ1) is 43.7. The van der Waals surface area contributed by atoms with Crippen LogP contribution in [0, 0.1) is 18.3 Å². The molecule has 0 saturated heterocycles. The van der Waals surface area contributed by atoms with Gasteiger partial charge in [-0.3, -0.25) is 4.18 Å². The zero-order chi connectivity index (χ0) is 32.3. The van der Waals surface area contributed by atoms with Gasteiger partial charge in [0.2, 0.25) is 10.4 Å². The second-order valence-corrected chi connectivity index (χ2v) is 13.2. The van der Waals surface area contributed by atoms with Crippen molar-refractivity contribution in [1.29, 1.82) is 5.26 Å². The van der Waals surface area contributed by atoms with E-state index in [9.17, 15) is 39.6 Å². The molecule has 0 amide bonds. The Morgan fingerprint density at radius 3 is 2.00 bits per heavy atom. The average Bonchev–Trinajstić information content (AvgIpc) is 2.91. The van der Waals surface area contributed by atoms with Gasteiger partial charge in [-0.25, -0.2) is 30.2 Å². The fourth-order valence-corrected chi connectivity index (χ4v) is 5.70. The quantitative estimate of drug-likeness (QED) is 0.0488. The molecule has 2 aromatic rings. The van der Waals surface area contributed by atoms with Crippen LogP contribution in [0.2, 0.25) is 0 Å². The second kappa shape index (κ2) is 20.2. The molecule has 1 heterocycles. The number of hydrogen-bond donors (Lipinski definition) is 2. The molecule has 1 aromatic carbocycles. The molecule has 2 N–H and O–H groups in total. The van der Waals surface area contributed by atoms with Gasteiger partial charge in [-0.1, -0.05) is 0 Å². The summed E-state index contributed by atoms with van der Waals surface area (Å²) < 4.78 is 107. The number of pyridine rings is 1. The number of nitrogens with zero attached hydrogens (tertiary/aromatic N) is 4. The van der Waals surface area contributed by atoms with Crippen LogP contribution in [0.1, 0.15) is 24.0 Å². The third-order valence-corrected chi connectivity index (χ3v) is 8.56. The van der Waals surface area contributed by atoms with Crippen molar-refractivity contribution in [3.63, 3.8) is 0 Å². The molecule has 0 saturated carbocycles. The van der Waals surface area contributed by atoms with Gasteiger partial charge in [0.1, 0.15) is 33.4 Å². The molecule has 17 nitrogen and oxygen atoms in total. The fraction of sp³-hybridized carbons (Fsp3) is 0.478. The molecule has 22 heteroatoms. The minimum Gasteiger partial charge on any atom is -0.744 e. The van der Waals surface area contributed by atoms with Gasteiger partial charge in [-0.15, -0.1) is 10.2 Å². The van der Waals surface area contributed by atoms with Crippen LogP contribution in [-0.4, -0.2) is 92.2 Å². The van der Waals surface area contributed by atoms with E-state index in [0.29, 0.717) is 50.8 Å². The number of anilines is 2. The van der Waals surface area contributed by atoms with Gasteiger partial charge in [0, 0.05) is 46.1 Å². The predicted molar refractivity (Wildman–Crippen MR) is 150 cm³/mol. The van der Waals surface area contributed by atoms with E-state index < -0.39 is 58.2 Å². The number of azo groups is 1. The Labute approximate surface area is 306 Å². The molecular weight excluding hydrogens is 678 g/mol. The van der Waals surface area contributed by atoms with Gasteiger partial charge >= 0.3 is 59.1 Å². The molecule has 238 valence electrons. The topological polar surface area (TPSA) is 262 Å². The molecule has 0 fully saturated rings. The molecule has 0 spiro atoms. The third-order valence-electron chi connectivity index (χ3n) is 5.56.